The first-order chi connectivity index (χ1) is 18.3. The van der Waals surface area contributed by atoms with Crippen molar-refractivity contribution < 1.29 is 18.1 Å². The van der Waals surface area contributed by atoms with Gasteiger partial charge in [0.15, 0.2) is 0 Å². The number of hydrogen-bond donors (Lipinski definition) is 0. The molecule has 2 aromatic carbocycles. The standard InChI is InChI=1S/2C14H23NO2P.2CH3.Al/c2*1-10(2)12-8-7-9-13(11(3)4)14(12)15-18(16-5)17-6;;;/h2*7-11H,1-6H3;2*1H3;/q2*-1;;;+1. The summed E-state index contributed by atoms with van der Waals surface area (Å²) in [6.45, 7) is 18.1. The molecule has 0 unspecified atom stereocenters. The van der Waals surface area contributed by atoms with Gasteiger partial charge in [-0.2, -0.15) is 11.6 Å². The molecule has 0 spiro atoms. The summed E-state index contributed by atoms with van der Waals surface area (Å²) in [6.07, 6.45) is 0. The first-order valence-electron chi connectivity index (χ1n) is 14.1. The summed E-state index contributed by atoms with van der Waals surface area (Å²) in [5, 5.41) is 0. The molecule has 0 amide bonds. The monoisotopic (exact) mass is 593 g/mol. The van der Waals surface area contributed by atoms with Gasteiger partial charge in [-0.3, -0.25) is 0 Å². The Balaban J connectivity index is 3.11. The van der Waals surface area contributed by atoms with Crippen LogP contribution in [0.25, 0.3) is 0 Å². The van der Waals surface area contributed by atoms with E-state index in [1.807, 2.05) is 0 Å². The lowest BCUT2D eigenvalue weighted by molar-refractivity contribution is 0.339. The van der Waals surface area contributed by atoms with Gasteiger partial charge in [-0.05, 0) is 57.3 Å². The maximum Gasteiger partial charge on any atom is 0.403 e. The highest BCUT2D eigenvalue weighted by molar-refractivity contribution is 7.58. The maximum atomic E-state index is 6.17. The topological polar surface area (TPSA) is 43.4 Å². The van der Waals surface area contributed by atoms with Crippen LogP contribution in [0.4, 0.5) is 11.4 Å². The second kappa shape index (κ2) is 15.0. The quantitative estimate of drug-likeness (QED) is 0.160. The predicted molar refractivity (Wildman–Crippen MR) is 174 cm³/mol. The maximum absolute atomic E-state index is 6.17. The molecule has 0 aliphatic rings. The van der Waals surface area contributed by atoms with Crippen molar-refractivity contribution >= 4 is 41.9 Å². The second-order valence-corrected chi connectivity index (χ2v) is 20.4. The summed E-state index contributed by atoms with van der Waals surface area (Å²) in [7, 11) is 4.21. The fourth-order valence-electron chi connectivity index (χ4n) is 5.41. The fourth-order valence-corrected chi connectivity index (χ4v) is 15.0. The number of hydrogen-bond acceptors (Lipinski definition) is 6. The van der Waals surface area contributed by atoms with E-state index < -0.39 is 30.6 Å². The number of benzene rings is 2. The van der Waals surface area contributed by atoms with E-state index in [0.29, 0.717) is 23.7 Å². The van der Waals surface area contributed by atoms with Crippen molar-refractivity contribution in [2.24, 2.45) is 0 Å². The smallest absolute Gasteiger partial charge is 0.403 e. The van der Waals surface area contributed by atoms with Crippen molar-refractivity contribution in [2.75, 3.05) is 35.7 Å². The second-order valence-electron chi connectivity index (χ2n) is 11.8. The van der Waals surface area contributed by atoms with Gasteiger partial charge in [-0.1, -0.05) is 91.8 Å². The van der Waals surface area contributed by atoms with E-state index in [1.54, 1.807) is 28.4 Å². The first kappa shape index (κ1) is 34.5. The molecule has 220 valence electrons. The zero-order valence-electron chi connectivity index (χ0n) is 26.8. The average Bonchev–Trinajstić information content (AvgIpc) is 2.88. The molecule has 0 heterocycles. The number of para-hydroxylation sites is 2. The number of rotatable bonds is 14. The molecule has 6 nitrogen and oxygen atoms in total. The predicted octanol–water partition coefficient (Wildman–Crippen LogP) is 10.2. The van der Waals surface area contributed by atoms with Gasteiger partial charge in [0.05, 0.1) is 0 Å². The van der Waals surface area contributed by atoms with Crippen LogP contribution in [0.3, 0.4) is 0 Å². The molecule has 0 aromatic heterocycles. The Kier molecular flexibility index (Phi) is 13.2. The van der Waals surface area contributed by atoms with E-state index in [0.717, 1.165) is 0 Å². The lowest BCUT2D eigenvalue weighted by Crippen LogP contribution is -2.59. The molecule has 39 heavy (non-hydrogen) atoms. The SMILES string of the molecule is COP(OC)[N](c1c(C(C)C)cccc1C(C)C)[Al-]([CH3])([CH3])[N](c1c(C(C)C)cccc1C(C)C)P(OC)OC. The van der Waals surface area contributed by atoms with E-state index in [9.17, 15) is 0 Å². The summed E-state index contributed by atoms with van der Waals surface area (Å²) in [5.74, 6) is 6.11. The van der Waals surface area contributed by atoms with E-state index in [1.165, 1.54) is 33.6 Å². The molecule has 0 atom stereocenters. The Morgan fingerprint density at radius 3 is 0.923 bits per heavy atom. The lowest BCUT2D eigenvalue weighted by atomic mass is 9.93. The summed E-state index contributed by atoms with van der Waals surface area (Å²) in [5.41, 5.74) is 7.67. The fraction of sp³-hybridized carbons (Fsp3) is 0.600. The molecule has 9 heteroatoms. The van der Waals surface area contributed by atoms with E-state index in [4.69, 9.17) is 18.1 Å². The normalized spacial score (nSPS) is 12.6. The van der Waals surface area contributed by atoms with Crippen molar-refractivity contribution in [1.82, 2.24) is 0 Å². The highest BCUT2D eigenvalue weighted by Crippen LogP contribution is 2.59. The molecule has 2 rings (SSSR count). The Morgan fingerprint density at radius 2 is 0.744 bits per heavy atom. The largest absolute Gasteiger partial charge is 0.506 e. The van der Waals surface area contributed by atoms with Crippen LogP contribution in [0.15, 0.2) is 36.4 Å². The minimum Gasteiger partial charge on any atom is -0.506 e. The van der Waals surface area contributed by atoms with Crippen LogP contribution in [0.1, 0.15) is 101 Å². The molecule has 0 saturated heterocycles. The van der Waals surface area contributed by atoms with E-state index in [2.05, 4.69) is 111 Å². The number of anilines is 2. The minimum absolute atomic E-state index is 0.329. The Bertz CT molecular complexity index is 923. The Labute approximate surface area is 244 Å². The minimum atomic E-state index is -3.15. The van der Waals surface area contributed by atoms with Crippen molar-refractivity contribution in [3.05, 3.63) is 58.7 Å². The molecular weight excluding hydrogens is 541 g/mol. The van der Waals surface area contributed by atoms with Crippen molar-refractivity contribution in [2.45, 2.75) is 90.6 Å². The average molecular weight is 594 g/mol. The molecule has 0 bridgehead atoms. The van der Waals surface area contributed by atoms with Crippen LogP contribution < -0.4 is 7.31 Å². The van der Waals surface area contributed by atoms with Crippen molar-refractivity contribution in [3.8, 4) is 0 Å². The zero-order chi connectivity index (χ0) is 29.7. The zero-order valence-corrected chi connectivity index (χ0v) is 29.7. The molecule has 0 aliphatic heterocycles. The molecule has 0 radical (unpaired) electrons. The van der Waals surface area contributed by atoms with Gasteiger partial charge in [0, 0.05) is 28.4 Å². The summed E-state index contributed by atoms with van der Waals surface area (Å²) < 4.78 is 29.7. The van der Waals surface area contributed by atoms with Crippen LogP contribution in [-0.2, 0) is 18.1 Å². The highest BCUT2D eigenvalue weighted by Gasteiger charge is 2.46. The third kappa shape index (κ3) is 7.38. The van der Waals surface area contributed by atoms with Crippen molar-refractivity contribution in [1.29, 1.82) is 0 Å². The van der Waals surface area contributed by atoms with Gasteiger partial charge in [0.25, 0.3) is 0 Å². The molecule has 0 aliphatic carbocycles. The van der Waals surface area contributed by atoms with Gasteiger partial charge in [0.2, 0.25) is 17.1 Å². The van der Waals surface area contributed by atoms with Gasteiger partial charge in [-0.15, -0.1) is 0 Å². The highest BCUT2D eigenvalue weighted by atomic mass is 31.2. The van der Waals surface area contributed by atoms with Crippen LogP contribution in [-0.4, -0.2) is 42.0 Å². The summed E-state index contributed by atoms with van der Waals surface area (Å²) in [4.78, 5) is 0. The lowest BCUT2D eigenvalue weighted by Gasteiger charge is -2.57. The van der Waals surface area contributed by atoms with Crippen LogP contribution in [0.5, 0.6) is 0 Å². The van der Waals surface area contributed by atoms with Crippen LogP contribution >= 0.6 is 17.1 Å². The number of nitrogens with zero attached hydrogens (tertiary/aromatic N) is 2. The van der Waals surface area contributed by atoms with Crippen molar-refractivity contribution in [3.63, 3.8) is 0 Å². The van der Waals surface area contributed by atoms with Gasteiger partial charge < -0.3 is 25.4 Å². The van der Waals surface area contributed by atoms with Gasteiger partial charge in [0.1, 0.15) is 0 Å². The van der Waals surface area contributed by atoms with Crippen LogP contribution in [0, 0.1) is 0 Å². The van der Waals surface area contributed by atoms with Gasteiger partial charge in [-0.25, -0.2) is 0 Å². The van der Waals surface area contributed by atoms with Crippen LogP contribution in [0.2, 0.25) is 11.6 Å². The molecule has 0 saturated carbocycles. The Hall–Kier alpha value is -0.728. The molecule has 0 fully saturated rings. The third-order valence-corrected chi connectivity index (χ3v) is 17.1. The summed E-state index contributed by atoms with van der Waals surface area (Å²) in [6, 6.07) is 13.4. The van der Waals surface area contributed by atoms with E-state index >= 15 is 0 Å². The molecule has 2 aromatic rings. The third-order valence-electron chi connectivity index (χ3n) is 7.32. The van der Waals surface area contributed by atoms with E-state index in [-0.39, 0.29) is 0 Å². The summed E-state index contributed by atoms with van der Waals surface area (Å²) >= 11 is -3.15. The Morgan fingerprint density at radius 1 is 0.513 bits per heavy atom. The van der Waals surface area contributed by atoms with Gasteiger partial charge >= 0.3 is 13.5 Å². The first-order valence-corrected chi connectivity index (χ1v) is 19.7. The molecule has 0 N–H and O–H groups in total. The molecular formula is C30H52AlN2O4P2-.